The van der Waals surface area contributed by atoms with Gasteiger partial charge in [-0.2, -0.15) is 5.10 Å². The summed E-state index contributed by atoms with van der Waals surface area (Å²) in [6.07, 6.45) is 1.64. The van der Waals surface area contributed by atoms with E-state index in [1.807, 2.05) is 86.6 Å². The van der Waals surface area contributed by atoms with Gasteiger partial charge < -0.3 is 4.74 Å². The SMILES string of the molecule is CCOc1ccccc1-c1cc(C(=O)N/N=C\c2cccc(C)c2)c2ccccc2n1. The van der Waals surface area contributed by atoms with Gasteiger partial charge in [-0.3, -0.25) is 4.79 Å². The van der Waals surface area contributed by atoms with Crippen molar-refractivity contribution >= 4 is 23.0 Å². The largest absolute Gasteiger partial charge is 0.493 e. The van der Waals surface area contributed by atoms with Gasteiger partial charge in [0, 0.05) is 10.9 Å². The molecular formula is C26H23N3O2. The quantitative estimate of drug-likeness (QED) is 0.344. The fourth-order valence-electron chi connectivity index (χ4n) is 3.44. The van der Waals surface area contributed by atoms with Gasteiger partial charge in [-0.05, 0) is 43.7 Å². The third-order valence-corrected chi connectivity index (χ3v) is 4.85. The van der Waals surface area contributed by atoms with Gasteiger partial charge in [0.05, 0.1) is 29.6 Å². The van der Waals surface area contributed by atoms with Crippen LogP contribution in [0, 0.1) is 6.92 Å². The van der Waals surface area contributed by atoms with Crippen molar-refractivity contribution in [3.63, 3.8) is 0 Å². The molecule has 0 radical (unpaired) electrons. The van der Waals surface area contributed by atoms with Crippen LogP contribution in [0.3, 0.4) is 0 Å². The number of aromatic nitrogens is 1. The van der Waals surface area contributed by atoms with E-state index in [9.17, 15) is 4.79 Å². The van der Waals surface area contributed by atoms with E-state index < -0.39 is 0 Å². The highest BCUT2D eigenvalue weighted by Crippen LogP contribution is 2.31. The van der Waals surface area contributed by atoms with E-state index >= 15 is 0 Å². The fraction of sp³-hybridized carbons (Fsp3) is 0.115. The van der Waals surface area contributed by atoms with E-state index in [0.717, 1.165) is 33.3 Å². The molecule has 0 unspecified atom stereocenters. The van der Waals surface area contributed by atoms with Crippen molar-refractivity contribution in [1.29, 1.82) is 0 Å². The second-order valence-corrected chi connectivity index (χ2v) is 7.11. The standard InChI is InChI=1S/C26H23N3O2/c1-3-31-25-14-7-5-12-21(25)24-16-22(20-11-4-6-13-23(20)28-24)26(30)29-27-17-19-10-8-9-18(2)15-19/h4-17H,3H2,1-2H3,(H,29,30)/b27-17-. The van der Waals surface area contributed by atoms with Gasteiger partial charge in [-0.25, -0.2) is 10.4 Å². The lowest BCUT2D eigenvalue weighted by molar-refractivity contribution is 0.0956. The van der Waals surface area contributed by atoms with Gasteiger partial charge in [-0.1, -0.05) is 60.2 Å². The number of amides is 1. The van der Waals surface area contributed by atoms with Crippen LogP contribution in [0.1, 0.15) is 28.4 Å². The zero-order chi connectivity index (χ0) is 21.6. The van der Waals surface area contributed by atoms with Gasteiger partial charge >= 0.3 is 0 Å². The van der Waals surface area contributed by atoms with Crippen LogP contribution >= 0.6 is 0 Å². The predicted molar refractivity (Wildman–Crippen MR) is 125 cm³/mol. The number of nitrogens with one attached hydrogen (secondary N) is 1. The number of pyridine rings is 1. The molecule has 0 fully saturated rings. The Hall–Kier alpha value is -3.99. The first-order chi connectivity index (χ1) is 15.2. The minimum atomic E-state index is -0.294. The Labute approximate surface area is 181 Å². The average Bonchev–Trinajstić information content (AvgIpc) is 2.79. The number of para-hydroxylation sites is 2. The number of fused-ring (bicyclic) bond motifs is 1. The van der Waals surface area contributed by atoms with Crippen LogP contribution in [-0.2, 0) is 0 Å². The number of ether oxygens (including phenoxy) is 1. The molecule has 1 aromatic heterocycles. The molecule has 31 heavy (non-hydrogen) atoms. The molecule has 0 atom stereocenters. The van der Waals surface area contributed by atoms with E-state index in [0.29, 0.717) is 17.9 Å². The first kappa shape index (κ1) is 20.3. The Morgan fingerprint density at radius 2 is 1.84 bits per heavy atom. The lowest BCUT2D eigenvalue weighted by Crippen LogP contribution is -2.18. The Balaban J connectivity index is 1.71. The highest BCUT2D eigenvalue weighted by Gasteiger charge is 2.15. The topological polar surface area (TPSA) is 63.6 Å². The summed E-state index contributed by atoms with van der Waals surface area (Å²) in [5.74, 6) is 0.439. The van der Waals surface area contributed by atoms with Gasteiger partial charge in [0.25, 0.3) is 5.91 Å². The Morgan fingerprint density at radius 3 is 2.68 bits per heavy atom. The van der Waals surface area contributed by atoms with E-state index in [1.54, 1.807) is 12.3 Å². The summed E-state index contributed by atoms with van der Waals surface area (Å²) in [7, 11) is 0. The van der Waals surface area contributed by atoms with Crippen LogP contribution in [0.5, 0.6) is 5.75 Å². The number of carbonyl (C=O) groups excluding carboxylic acids is 1. The van der Waals surface area contributed by atoms with Gasteiger partial charge in [0.15, 0.2) is 0 Å². The zero-order valence-corrected chi connectivity index (χ0v) is 17.5. The molecule has 1 N–H and O–H groups in total. The van der Waals surface area contributed by atoms with Gasteiger partial charge in [0.1, 0.15) is 5.75 Å². The number of hydrogen-bond donors (Lipinski definition) is 1. The van der Waals surface area contributed by atoms with E-state index in [1.165, 1.54) is 0 Å². The molecule has 5 nitrogen and oxygen atoms in total. The van der Waals surface area contributed by atoms with Crippen LogP contribution < -0.4 is 10.2 Å². The summed E-state index contributed by atoms with van der Waals surface area (Å²) in [6, 6.07) is 25.0. The third-order valence-electron chi connectivity index (χ3n) is 4.85. The lowest BCUT2D eigenvalue weighted by Gasteiger charge is -2.12. The van der Waals surface area contributed by atoms with Crippen molar-refractivity contribution < 1.29 is 9.53 Å². The molecule has 0 saturated heterocycles. The number of carbonyl (C=O) groups is 1. The van der Waals surface area contributed by atoms with Crippen molar-refractivity contribution in [3.05, 3.63) is 95.6 Å². The van der Waals surface area contributed by atoms with Crippen molar-refractivity contribution in [2.75, 3.05) is 6.61 Å². The second kappa shape index (κ2) is 9.22. The molecular weight excluding hydrogens is 386 g/mol. The molecule has 0 saturated carbocycles. The van der Waals surface area contributed by atoms with E-state index in [2.05, 4.69) is 10.5 Å². The number of rotatable bonds is 6. The van der Waals surface area contributed by atoms with Crippen LogP contribution in [0.4, 0.5) is 0 Å². The maximum Gasteiger partial charge on any atom is 0.272 e. The maximum atomic E-state index is 13.0. The Bertz CT molecular complexity index is 1260. The Kier molecular flexibility index (Phi) is 6.03. The number of hydrogen-bond acceptors (Lipinski definition) is 4. The second-order valence-electron chi connectivity index (χ2n) is 7.11. The molecule has 0 spiro atoms. The van der Waals surface area contributed by atoms with Crippen LogP contribution in [0.2, 0.25) is 0 Å². The van der Waals surface area contributed by atoms with Crippen molar-refractivity contribution in [2.45, 2.75) is 13.8 Å². The molecule has 0 aliphatic carbocycles. The minimum absolute atomic E-state index is 0.294. The highest BCUT2D eigenvalue weighted by molar-refractivity contribution is 6.07. The molecule has 1 heterocycles. The molecule has 154 valence electrons. The number of nitrogens with zero attached hydrogens (tertiary/aromatic N) is 2. The van der Waals surface area contributed by atoms with E-state index in [-0.39, 0.29) is 5.91 Å². The maximum absolute atomic E-state index is 13.0. The first-order valence-electron chi connectivity index (χ1n) is 10.2. The molecule has 0 bridgehead atoms. The number of benzene rings is 3. The van der Waals surface area contributed by atoms with Crippen molar-refractivity contribution in [3.8, 4) is 17.0 Å². The summed E-state index contributed by atoms with van der Waals surface area (Å²) < 4.78 is 5.76. The molecule has 3 aromatic carbocycles. The Morgan fingerprint density at radius 1 is 1.03 bits per heavy atom. The van der Waals surface area contributed by atoms with Crippen LogP contribution in [0.25, 0.3) is 22.2 Å². The minimum Gasteiger partial charge on any atom is -0.493 e. The first-order valence-corrected chi connectivity index (χ1v) is 10.2. The van der Waals surface area contributed by atoms with Gasteiger partial charge in [-0.15, -0.1) is 0 Å². The highest BCUT2D eigenvalue weighted by atomic mass is 16.5. The predicted octanol–water partition coefficient (Wildman–Crippen LogP) is 5.37. The average molecular weight is 409 g/mol. The summed E-state index contributed by atoms with van der Waals surface area (Å²) in [6.45, 7) is 4.50. The normalized spacial score (nSPS) is 11.0. The summed E-state index contributed by atoms with van der Waals surface area (Å²) in [5, 5.41) is 4.91. The lowest BCUT2D eigenvalue weighted by atomic mass is 10.0. The smallest absolute Gasteiger partial charge is 0.272 e. The monoisotopic (exact) mass is 409 g/mol. The summed E-state index contributed by atoms with van der Waals surface area (Å²) in [4.78, 5) is 17.8. The van der Waals surface area contributed by atoms with Gasteiger partial charge in [0.2, 0.25) is 0 Å². The van der Waals surface area contributed by atoms with Crippen LogP contribution in [0.15, 0.2) is 84.0 Å². The molecule has 5 heteroatoms. The summed E-state index contributed by atoms with van der Waals surface area (Å²) in [5.41, 5.74) is 7.46. The molecule has 1 amide bonds. The molecule has 0 aliphatic heterocycles. The molecule has 4 aromatic rings. The molecule has 0 aliphatic rings. The number of hydrazone groups is 1. The number of aryl methyl sites for hydroxylation is 1. The molecule has 4 rings (SSSR count). The third kappa shape index (κ3) is 4.61. The summed E-state index contributed by atoms with van der Waals surface area (Å²) >= 11 is 0. The van der Waals surface area contributed by atoms with Crippen molar-refractivity contribution in [1.82, 2.24) is 10.4 Å². The van der Waals surface area contributed by atoms with E-state index in [4.69, 9.17) is 9.72 Å². The van der Waals surface area contributed by atoms with Crippen molar-refractivity contribution in [2.24, 2.45) is 5.10 Å². The zero-order valence-electron chi connectivity index (χ0n) is 17.5. The van der Waals surface area contributed by atoms with Crippen LogP contribution in [-0.4, -0.2) is 23.7 Å². The fourth-order valence-corrected chi connectivity index (χ4v) is 3.44.